The fourth-order valence-corrected chi connectivity index (χ4v) is 4.06. The van der Waals surface area contributed by atoms with Gasteiger partial charge in [-0.3, -0.25) is 0 Å². The van der Waals surface area contributed by atoms with Crippen molar-refractivity contribution < 1.29 is 27.0 Å². The van der Waals surface area contributed by atoms with Gasteiger partial charge in [-0.05, 0) is 13.0 Å². The van der Waals surface area contributed by atoms with E-state index in [1.807, 2.05) is 0 Å². The van der Waals surface area contributed by atoms with E-state index in [9.17, 15) is 22.3 Å². The predicted molar refractivity (Wildman–Crippen MR) is 85.4 cm³/mol. The van der Waals surface area contributed by atoms with Crippen molar-refractivity contribution >= 4 is 9.84 Å². The summed E-state index contributed by atoms with van der Waals surface area (Å²) in [5.41, 5.74) is -2.52. The van der Waals surface area contributed by atoms with Gasteiger partial charge < -0.3 is 9.84 Å². The second kappa shape index (κ2) is 7.54. The molecule has 2 atom stereocenters. The minimum atomic E-state index is -3.86. The van der Waals surface area contributed by atoms with E-state index in [-0.39, 0.29) is 24.5 Å². The van der Waals surface area contributed by atoms with E-state index in [2.05, 4.69) is 10.1 Å². The zero-order valence-corrected chi connectivity index (χ0v) is 14.6. The molecule has 0 unspecified atom stereocenters. The molecule has 2 aromatic rings. The molecule has 2 rings (SSSR count). The normalized spacial score (nSPS) is 15.7. The first-order chi connectivity index (χ1) is 11.7. The molecule has 0 aliphatic carbocycles. The first kappa shape index (κ1) is 19.4. The summed E-state index contributed by atoms with van der Waals surface area (Å²) in [4.78, 5) is 3.73. The Morgan fingerprint density at radius 3 is 2.68 bits per heavy atom. The van der Waals surface area contributed by atoms with Gasteiger partial charge in [0.1, 0.15) is 29.9 Å². The minimum absolute atomic E-state index is 0.0714. The maximum Gasteiger partial charge on any atom is 0.158 e. The van der Waals surface area contributed by atoms with Crippen LogP contribution >= 0.6 is 0 Å². The lowest BCUT2D eigenvalue weighted by molar-refractivity contribution is 0.0109. The van der Waals surface area contributed by atoms with Gasteiger partial charge in [0.2, 0.25) is 0 Å². The highest BCUT2D eigenvalue weighted by atomic mass is 32.2. The van der Waals surface area contributed by atoms with Crippen molar-refractivity contribution in [1.29, 1.82) is 0 Å². The summed E-state index contributed by atoms with van der Waals surface area (Å²) < 4.78 is 58.6. The number of rotatable bonds is 8. The molecule has 1 aromatic heterocycles. The average Bonchev–Trinajstić information content (AvgIpc) is 3.04. The Morgan fingerprint density at radius 2 is 2.12 bits per heavy atom. The fourth-order valence-electron chi connectivity index (χ4n) is 2.51. The molecule has 0 bridgehead atoms. The second-order valence-corrected chi connectivity index (χ2v) is 8.08. The lowest BCUT2D eigenvalue weighted by Gasteiger charge is -2.34. The Hall–Kier alpha value is -1.91. The van der Waals surface area contributed by atoms with Crippen LogP contribution in [0.3, 0.4) is 0 Å². The fraction of sp³-hybridized carbons (Fsp3) is 0.467. The number of sulfone groups is 1. The van der Waals surface area contributed by atoms with Crippen LogP contribution < -0.4 is 0 Å². The molecule has 1 N–H and O–H groups in total. The summed E-state index contributed by atoms with van der Waals surface area (Å²) in [6.45, 7) is 0.825. The van der Waals surface area contributed by atoms with Crippen molar-refractivity contribution in [2.24, 2.45) is 0 Å². The molecule has 7 nitrogen and oxygen atoms in total. The molecule has 0 aliphatic rings. The lowest BCUT2D eigenvalue weighted by atomic mass is 9.90. The van der Waals surface area contributed by atoms with Crippen LogP contribution in [-0.2, 0) is 26.7 Å². The molecule has 1 aromatic carbocycles. The third kappa shape index (κ3) is 4.20. The van der Waals surface area contributed by atoms with E-state index in [1.165, 1.54) is 31.4 Å². The highest BCUT2D eigenvalue weighted by Gasteiger charge is 2.45. The highest BCUT2D eigenvalue weighted by molar-refractivity contribution is 7.92. The largest absolute Gasteiger partial charge is 0.384 e. The zero-order chi connectivity index (χ0) is 18.7. The van der Waals surface area contributed by atoms with E-state index >= 15 is 0 Å². The molecule has 0 radical (unpaired) electrons. The third-order valence-corrected chi connectivity index (χ3v) is 6.25. The van der Waals surface area contributed by atoms with Gasteiger partial charge in [0.05, 0.1) is 24.2 Å². The molecular formula is C15H19F2N3O4S. The third-order valence-electron chi connectivity index (χ3n) is 4.05. The van der Waals surface area contributed by atoms with Crippen LogP contribution in [0.15, 0.2) is 30.9 Å². The summed E-state index contributed by atoms with van der Waals surface area (Å²) in [5.74, 6) is -2.23. The Kier molecular flexibility index (Phi) is 5.86. The summed E-state index contributed by atoms with van der Waals surface area (Å²) in [5, 5.41) is 13.6. The van der Waals surface area contributed by atoms with Gasteiger partial charge in [0.15, 0.2) is 9.84 Å². The van der Waals surface area contributed by atoms with Crippen LogP contribution in [0.5, 0.6) is 0 Å². The monoisotopic (exact) mass is 375 g/mol. The van der Waals surface area contributed by atoms with Gasteiger partial charge in [0, 0.05) is 18.7 Å². The molecule has 0 amide bonds. The van der Waals surface area contributed by atoms with Crippen molar-refractivity contribution in [1.82, 2.24) is 14.8 Å². The van der Waals surface area contributed by atoms with E-state index in [1.54, 1.807) is 0 Å². The second-order valence-electron chi connectivity index (χ2n) is 5.64. The van der Waals surface area contributed by atoms with E-state index < -0.39 is 32.3 Å². The van der Waals surface area contributed by atoms with Gasteiger partial charge in [-0.15, -0.1) is 0 Å². The predicted octanol–water partition coefficient (Wildman–Crippen LogP) is 0.894. The van der Waals surface area contributed by atoms with Gasteiger partial charge in [-0.1, -0.05) is 6.07 Å². The number of aliphatic hydroxyl groups is 1. The highest BCUT2D eigenvalue weighted by Crippen LogP contribution is 2.33. The number of methoxy groups -OCH3 is 1. The summed E-state index contributed by atoms with van der Waals surface area (Å²) in [6.07, 6.45) is 2.46. The maximum absolute atomic E-state index is 14.3. The molecular weight excluding hydrogens is 356 g/mol. The van der Waals surface area contributed by atoms with Crippen molar-refractivity contribution in [3.63, 3.8) is 0 Å². The number of hydrogen-bond acceptors (Lipinski definition) is 6. The summed E-state index contributed by atoms with van der Waals surface area (Å²) in [7, 11) is -2.51. The van der Waals surface area contributed by atoms with Crippen molar-refractivity contribution in [2.75, 3.05) is 19.5 Å². The summed E-state index contributed by atoms with van der Waals surface area (Å²) in [6, 6.07) is 2.58. The van der Waals surface area contributed by atoms with E-state index in [4.69, 9.17) is 4.74 Å². The van der Waals surface area contributed by atoms with Crippen LogP contribution in [0.25, 0.3) is 0 Å². The van der Waals surface area contributed by atoms with Crippen LogP contribution in [0, 0.1) is 11.6 Å². The van der Waals surface area contributed by atoms with Crippen molar-refractivity contribution in [3.8, 4) is 0 Å². The van der Waals surface area contributed by atoms with E-state index in [0.717, 1.165) is 12.1 Å². The zero-order valence-electron chi connectivity index (χ0n) is 13.8. The topological polar surface area (TPSA) is 94.3 Å². The van der Waals surface area contributed by atoms with E-state index in [0.29, 0.717) is 6.07 Å². The van der Waals surface area contributed by atoms with Crippen LogP contribution in [-0.4, -0.2) is 53.0 Å². The molecule has 1 heterocycles. The first-order valence-corrected chi connectivity index (χ1v) is 9.13. The van der Waals surface area contributed by atoms with Crippen LogP contribution in [0.4, 0.5) is 8.78 Å². The Morgan fingerprint density at radius 1 is 1.40 bits per heavy atom. The van der Waals surface area contributed by atoms with Crippen LogP contribution in [0.1, 0.15) is 12.5 Å². The molecule has 0 fully saturated rings. The maximum atomic E-state index is 14.3. The molecule has 0 aliphatic heterocycles. The minimum Gasteiger partial charge on any atom is -0.384 e. The molecule has 0 spiro atoms. The number of benzene rings is 1. The molecule has 25 heavy (non-hydrogen) atoms. The first-order valence-electron chi connectivity index (χ1n) is 7.41. The molecule has 138 valence electrons. The SMILES string of the molecule is COCCS(=O)(=O)[C@H](C)[C@](O)(Cn1cncn1)c1ccc(F)cc1F. The van der Waals surface area contributed by atoms with Crippen molar-refractivity contribution in [2.45, 2.75) is 24.3 Å². The van der Waals surface area contributed by atoms with Gasteiger partial charge in [-0.2, -0.15) is 5.10 Å². The standard InChI is InChI=1S/C15H19F2N3O4S/c1-11(25(22,23)6-5-24-2)15(21,8-20-10-18-9-19-20)13-4-3-12(16)7-14(13)17/h3-4,7,9-11,21H,5-6,8H2,1-2H3/t11-,15-/m1/s1. The number of aromatic nitrogens is 3. The van der Waals surface area contributed by atoms with Crippen molar-refractivity contribution in [3.05, 3.63) is 48.1 Å². The Balaban J connectivity index is 2.52. The smallest absolute Gasteiger partial charge is 0.158 e. The van der Waals surface area contributed by atoms with Crippen LogP contribution in [0.2, 0.25) is 0 Å². The Bertz CT molecular complexity index is 814. The van der Waals surface area contributed by atoms with Gasteiger partial charge >= 0.3 is 0 Å². The van der Waals surface area contributed by atoms with Gasteiger partial charge in [0.25, 0.3) is 0 Å². The number of nitrogens with zero attached hydrogens (tertiary/aromatic N) is 3. The number of ether oxygens (including phenoxy) is 1. The summed E-state index contributed by atoms with van der Waals surface area (Å²) >= 11 is 0. The number of halogens is 2. The molecule has 0 saturated heterocycles. The number of hydrogen-bond donors (Lipinski definition) is 1. The lowest BCUT2D eigenvalue weighted by Crippen LogP contribution is -2.47. The molecule has 0 saturated carbocycles. The Labute approximate surface area is 144 Å². The molecule has 10 heteroatoms. The average molecular weight is 375 g/mol. The quantitative estimate of drug-likeness (QED) is 0.737. The van der Waals surface area contributed by atoms with Gasteiger partial charge in [-0.25, -0.2) is 26.9 Å².